The summed E-state index contributed by atoms with van der Waals surface area (Å²) in [5.74, 6) is 0.455. The van der Waals surface area contributed by atoms with Gasteiger partial charge in [0, 0.05) is 11.6 Å². The van der Waals surface area contributed by atoms with E-state index in [0.717, 1.165) is 24.9 Å². The van der Waals surface area contributed by atoms with Crippen molar-refractivity contribution in [3.05, 3.63) is 29.1 Å². The lowest BCUT2D eigenvalue weighted by molar-refractivity contribution is 0.405. The van der Waals surface area contributed by atoms with E-state index in [-0.39, 0.29) is 11.9 Å². The van der Waals surface area contributed by atoms with E-state index in [0.29, 0.717) is 11.3 Å². The second-order valence-electron chi connectivity index (χ2n) is 3.98. The number of hydrogen-bond acceptors (Lipinski definition) is 2. The average molecular weight is 209 g/mol. The Morgan fingerprint density at radius 1 is 1.47 bits per heavy atom. The quantitative estimate of drug-likeness (QED) is 0.808. The van der Waals surface area contributed by atoms with Crippen LogP contribution in [0.4, 0.5) is 4.39 Å². The molecule has 1 atom stereocenters. The topological polar surface area (TPSA) is 21.3 Å². The summed E-state index contributed by atoms with van der Waals surface area (Å²) in [5, 5.41) is 3.35. The molecule has 0 bridgehead atoms. The Labute approximate surface area is 89.4 Å². The van der Waals surface area contributed by atoms with Gasteiger partial charge < -0.3 is 10.1 Å². The maximum Gasteiger partial charge on any atom is 0.130 e. The third-order valence-electron chi connectivity index (χ3n) is 3.00. The summed E-state index contributed by atoms with van der Waals surface area (Å²) in [6, 6.07) is 3.83. The van der Waals surface area contributed by atoms with Crippen LogP contribution in [-0.4, -0.2) is 13.7 Å². The van der Waals surface area contributed by atoms with Crippen molar-refractivity contribution in [1.29, 1.82) is 0 Å². The van der Waals surface area contributed by atoms with Crippen molar-refractivity contribution in [2.24, 2.45) is 0 Å². The van der Waals surface area contributed by atoms with Gasteiger partial charge in [-0.2, -0.15) is 0 Å². The Balaban J connectivity index is 2.35. The van der Waals surface area contributed by atoms with Crippen LogP contribution in [0.1, 0.15) is 30.0 Å². The van der Waals surface area contributed by atoms with Crippen LogP contribution in [-0.2, 0) is 0 Å². The molecule has 1 aliphatic heterocycles. The minimum Gasteiger partial charge on any atom is -0.496 e. The van der Waals surface area contributed by atoms with Crippen molar-refractivity contribution < 1.29 is 9.13 Å². The Kier molecular flexibility index (Phi) is 2.91. The zero-order valence-electron chi connectivity index (χ0n) is 9.14. The molecule has 1 heterocycles. The van der Waals surface area contributed by atoms with Gasteiger partial charge in [0.05, 0.1) is 7.11 Å². The third kappa shape index (κ3) is 1.97. The van der Waals surface area contributed by atoms with Crippen LogP contribution < -0.4 is 10.1 Å². The Bertz CT molecular complexity index is 359. The highest BCUT2D eigenvalue weighted by Crippen LogP contribution is 2.29. The van der Waals surface area contributed by atoms with Gasteiger partial charge in [-0.1, -0.05) is 0 Å². The van der Waals surface area contributed by atoms with Crippen LogP contribution >= 0.6 is 0 Å². The molecular weight excluding hydrogens is 193 g/mol. The van der Waals surface area contributed by atoms with E-state index in [2.05, 4.69) is 5.32 Å². The van der Waals surface area contributed by atoms with Crippen molar-refractivity contribution in [2.45, 2.75) is 25.8 Å². The van der Waals surface area contributed by atoms with Gasteiger partial charge >= 0.3 is 0 Å². The zero-order valence-corrected chi connectivity index (χ0v) is 9.14. The number of halogens is 1. The summed E-state index contributed by atoms with van der Waals surface area (Å²) in [6.45, 7) is 2.75. The first-order chi connectivity index (χ1) is 7.22. The second-order valence-corrected chi connectivity index (χ2v) is 3.98. The van der Waals surface area contributed by atoms with Gasteiger partial charge in [0.1, 0.15) is 11.6 Å². The van der Waals surface area contributed by atoms with Gasteiger partial charge in [-0.3, -0.25) is 0 Å². The van der Waals surface area contributed by atoms with Gasteiger partial charge in [-0.15, -0.1) is 0 Å². The van der Waals surface area contributed by atoms with Crippen molar-refractivity contribution in [3.8, 4) is 5.75 Å². The Morgan fingerprint density at radius 3 is 2.87 bits per heavy atom. The fourth-order valence-electron chi connectivity index (χ4n) is 2.06. The van der Waals surface area contributed by atoms with E-state index in [4.69, 9.17) is 4.74 Å². The van der Waals surface area contributed by atoms with Crippen LogP contribution in [0.15, 0.2) is 12.1 Å². The van der Waals surface area contributed by atoms with Gasteiger partial charge in [0.2, 0.25) is 0 Å². The Morgan fingerprint density at radius 2 is 2.27 bits per heavy atom. The number of methoxy groups -OCH3 is 1. The zero-order chi connectivity index (χ0) is 10.8. The highest BCUT2D eigenvalue weighted by atomic mass is 19.1. The van der Waals surface area contributed by atoms with Gasteiger partial charge in [-0.25, -0.2) is 4.39 Å². The highest BCUT2D eigenvalue weighted by molar-refractivity contribution is 5.39. The smallest absolute Gasteiger partial charge is 0.130 e. The first kappa shape index (κ1) is 10.4. The second kappa shape index (κ2) is 4.19. The maximum absolute atomic E-state index is 13.6. The molecule has 1 fully saturated rings. The number of ether oxygens (including phenoxy) is 1. The molecule has 1 aliphatic rings. The minimum atomic E-state index is -0.182. The van der Waals surface area contributed by atoms with E-state index in [1.807, 2.05) is 6.07 Å². The molecule has 0 aliphatic carbocycles. The molecule has 2 nitrogen and oxygen atoms in total. The average Bonchev–Trinajstić information content (AvgIpc) is 2.75. The van der Waals surface area contributed by atoms with Crippen molar-refractivity contribution >= 4 is 0 Å². The number of rotatable bonds is 2. The molecule has 82 valence electrons. The van der Waals surface area contributed by atoms with Crippen LogP contribution in [0.3, 0.4) is 0 Å². The summed E-state index contributed by atoms with van der Waals surface area (Å²) >= 11 is 0. The molecular formula is C12H16FNO. The fraction of sp³-hybridized carbons (Fsp3) is 0.500. The van der Waals surface area contributed by atoms with Crippen LogP contribution in [0, 0.1) is 12.7 Å². The summed E-state index contributed by atoms with van der Waals surface area (Å²) in [4.78, 5) is 0. The highest BCUT2D eigenvalue weighted by Gasteiger charge is 2.18. The number of nitrogens with one attached hydrogen (secondary N) is 1. The summed E-state index contributed by atoms with van der Waals surface area (Å²) in [5.41, 5.74) is 1.58. The minimum absolute atomic E-state index is 0.182. The maximum atomic E-state index is 13.6. The third-order valence-corrected chi connectivity index (χ3v) is 3.00. The predicted molar refractivity (Wildman–Crippen MR) is 57.7 cm³/mol. The van der Waals surface area contributed by atoms with Gasteiger partial charge in [0.25, 0.3) is 0 Å². The molecule has 1 unspecified atom stereocenters. The molecule has 0 amide bonds. The molecule has 0 aromatic heterocycles. The largest absolute Gasteiger partial charge is 0.496 e. The van der Waals surface area contributed by atoms with Crippen molar-refractivity contribution in [1.82, 2.24) is 5.32 Å². The standard InChI is InChI=1S/C12H16FNO/c1-8-10(13)6-9(7-12(8)15-2)11-4-3-5-14-11/h6-7,11,14H,3-5H2,1-2H3. The number of hydrogen-bond donors (Lipinski definition) is 1. The van der Waals surface area contributed by atoms with Crippen LogP contribution in [0.2, 0.25) is 0 Å². The predicted octanol–water partition coefficient (Wildman–Crippen LogP) is 2.57. The van der Waals surface area contributed by atoms with E-state index in [1.54, 1.807) is 20.1 Å². The fourth-order valence-corrected chi connectivity index (χ4v) is 2.06. The van der Waals surface area contributed by atoms with E-state index in [1.165, 1.54) is 0 Å². The lowest BCUT2D eigenvalue weighted by atomic mass is 10.0. The molecule has 15 heavy (non-hydrogen) atoms. The molecule has 1 aromatic carbocycles. The van der Waals surface area contributed by atoms with E-state index >= 15 is 0 Å². The van der Waals surface area contributed by atoms with Gasteiger partial charge in [-0.05, 0) is 44.0 Å². The number of benzene rings is 1. The summed E-state index contributed by atoms with van der Waals surface area (Å²) in [7, 11) is 1.58. The van der Waals surface area contributed by atoms with E-state index in [9.17, 15) is 4.39 Å². The van der Waals surface area contributed by atoms with E-state index < -0.39 is 0 Å². The molecule has 0 radical (unpaired) electrons. The van der Waals surface area contributed by atoms with Gasteiger partial charge in [0.15, 0.2) is 0 Å². The monoisotopic (exact) mass is 209 g/mol. The molecule has 3 heteroatoms. The molecule has 1 N–H and O–H groups in total. The first-order valence-electron chi connectivity index (χ1n) is 5.30. The molecule has 2 rings (SSSR count). The molecule has 0 spiro atoms. The molecule has 1 aromatic rings. The van der Waals surface area contributed by atoms with Crippen LogP contribution in [0.25, 0.3) is 0 Å². The normalized spacial score (nSPS) is 20.6. The molecule has 1 saturated heterocycles. The summed E-state index contributed by atoms with van der Waals surface area (Å²) in [6.07, 6.45) is 2.23. The van der Waals surface area contributed by atoms with Crippen molar-refractivity contribution in [2.75, 3.05) is 13.7 Å². The SMILES string of the molecule is COc1cc(C2CCCN2)cc(F)c1C. The van der Waals surface area contributed by atoms with Crippen molar-refractivity contribution in [3.63, 3.8) is 0 Å². The Hall–Kier alpha value is -1.09. The lowest BCUT2D eigenvalue weighted by Gasteiger charge is -2.14. The molecule has 0 saturated carbocycles. The summed E-state index contributed by atoms with van der Waals surface area (Å²) < 4.78 is 18.7. The lowest BCUT2D eigenvalue weighted by Crippen LogP contribution is -2.13. The first-order valence-corrected chi connectivity index (χ1v) is 5.30. The van der Waals surface area contributed by atoms with Crippen LogP contribution in [0.5, 0.6) is 5.75 Å².